The Bertz CT molecular complexity index is 104. The summed E-state index contributed by atoms with van der Waals surface area (Å²) in [6.45, 7) is 12.0. The minimum atomic E-state index is 0.327. The van der Waals surface area contributed by atoms with Crippen molar-refractivity contribution >= 4 is 0 Å². The molecule has 0 aromatic heterocycles. The summed E-state index contributed by atoms with van der Waals surface area (Å²) >= 11 is 0. The smallest absolute Gasteiger partial charge is 0.214 e. The largest absolute Gasteiger partial charge is 0.379 e. The van der Waals surface area contributed by atoms with E-state index in [1.54, 1.807) is 0 Å². The van der Waals surface area contributed by atoms with E-state index < -0.39 is 0 Å². The van der Waals surface area contributed by atoms with Gasteiger partial charge in [0.1, 0.15) is 0 Å². The third kappa shape index (κ3) is 7.45. The highest BCUT2D eigenvalue weighted by Gasteiger charge is 1.93. The van der Waals surface area contributed by atoms with Gasteiger partial charge in [-0.15, -0.1) is 0 Å². The summed E-state index contributed by atoms with van der Waals surface area (Å²) in [5.74, 6) is 0. The Kier molecular flexibility index (Phi) is 6.21. The summed E-state index contributed by atoms with van der Waals surface area (Å²) in [5.41, 5.74) is 0. The van der Waals surface area contributed by atoms with Gasteiger partial charge in [-0.05, 0) is 20.3 Å². The molecular weight excluding hydrogens is 126 g/mol. The molecule has 0 bridgehead atoms. The van der Waals surface area contributed by atoms with E-state index in [0.29, 0.717) is 12.6 Å². The van der Waals surface area contributed by atoms with Crippen LogP contribution in [-0.4, -0.2) is 19.3 Å². The molecule has 0 N–H and O–H groups in total. The minimum absolute atomic E-state index is 0.327. The van der Waals surface area contributed by atoms with Crippen molar-refractivity contribution in [3.05, 3.63) is 11.4 Å². The first-order valence-corrected chi connectivity index (χ1v) is 3.72. The maximum absolute atomic E-state index is 6.51. The zero-order valence-electron chi connectivity index (χ0n) is 6.76. The van der Waals surface area contributed by atoms with Crippen molar-refractivity contribution < 1.29 is 4.74 Å². The molecule has 2 heteroatoms. The highest BCUT2D eigenvalue weighted by molar-refractivity contribution is 4.57. The number of unbranched alkanes of at least 4 members (excludes halogenated alkanes) is 1. The van der Waals surface area contributed by atoms with E-state index in [4.69, 9.17) is 11.3 Å². The summed E-state index contributed by atoms with van der Waals surface area (Å²) in [7, 11) is 0. The van der Waals surface area contributed by atoms with E-state index in [-0.39, 0.29) is 0 Å². The first-order valence-electron chi connectivity index (χ1n) is 3.72. The fourth-order valence-corrected chi connectivity index (χ4v) is 0.612. The van der Waals surface area contributed by atoms with Gasteiger partial charge in [-0.2, -0.15) is 0 Å². The summed E-state index contributed by atoms with van der Waals surface area (Å²) in [4.78, 5) is 3.25. The van der Waals surface area contributed by atoms with Crippen molar-refractivity contribution in [2.24, 2.45) is 0 Å². The van der Waals surface area contributed by atoms with E-state index in [1.807, 2.05) is 13.8 Å². The van der Waals surface area contributed by atoms with E-state index >= 15 is 0 Å². The monoisotopic (exact) mass is 141 g/mol. The van der Waals surface area contributed by atoms with E-state index in [1.165, 1.54) is 0 Å². The average Bonchev–Trinajstić information content (AvgIpc) is 1.87. The summed E-state index contributed by atoms with van der Waals surface area (Å²) in [6, 6.07) is 0. The molecule has 0 unspecified atom stereocenters. The molecule has 0 radical (unpaired) electrons. The lowest BCUT2D eigenvalue weighted by Crippen LogP contribution is -2.03. The number of nitrogens with zero attached hydrogens (tertiary/aromatic N) is 1. The lowest BCUT2D eigenvalue weighted by atomic mass is 10.3. The van der Waals surface area contributed by atoms with E-state index in [0.717, 1.165) is 19.4 Å². The van der Waals surface area contributed by atoms with Crippen LogP contribution in [0.5, 0.6) is 0 Å². The molecular formula is C8H15NO. The third-order valence-electron chi connectivity index (χ3n) is 1.12. The molecule has 0 aromatic rings. The minimum Gasteiger partial charge on any atom is -0.379 e. The van der Waals surface area contributed by atoms with Gasteiger partial charge in [-0.1, -0.05) is 0 Å². The molecule has 0 saturated heterocycles. The molecule has 2 nitrogen and oxygen atoms in total. The highest BCUT2D eigenvalue weighted by atomic mass is 16.5. The van der Waals surface area contributed by atoms with Crippen molar-refractivity contribution in [3.8, 4) is 0 Å². The molecule has 0 spiro atoms. The molecule has 0 saturated carbocycles. The number of hydrogen-bond donors (Lipinski definition) is 0. The van der Waals surface area contributed by atoms with Crippen molar-refractivity contribution in [2.45, 2.75) is 32.8 Å². The highest BCUT2D eigenvalue weighted by Crippen LogP contribution is 1.94. The summed E-state index contributed by atoms with van der Waals surface area (Å²) in [6.07, 6.45) is 2.31. The molecule has 0 atom stereocenters. The van der Waals surface area contributed by atoms with Gasteiger partial charge in [-0.25, -0.2) is 6.57 Å². The molecule has 0 rings (SSSR count). The van der Waals surface area contributed by atoms with Crippen LogP contribution in [0.15, 0.2) is 0 Å². The standard InChI is InChI=1S/C8H15NO/c1-8(2)10-7-5-4-6-9-3/h8H,4-7H2,1-2H3. The molecule has 0 aliphatic carbocycles. The van der Waals surface area contributed by atoms with Crippen LogP contribution in [-0.2, 0) is 4.74 Å². The molecule has 0 heterocycles. The second-order valence-corrected chi connectivity index (χ2v) is 2.51. The van der Waals surface area contributed by atoms with Crippen LogP contribution in [0.25, 0.3) is 4.85 Å². The van der Waals surface area contributed by atoms with E-state index in [2.05, 4.69) is 4.85 Å². The first kappa shape index (κ1) is 9.45. The Labute approximate surface area is 63.0 Å². The van der Waals surface area contributed by atoms with Crippen LogP contribution in [0.1, 0.15) is 26.7 Å². The maximum atomic E-state index is 6.51. The van der Waals surface area contributed by atoms with Gasteiger partial charge in [0.05, 0.1) is 6.10 Å². The van der Waals surface area contributed by atoms with Crippen LogP contribution >= 0.6 is 0 Å². The molecule has 58 valence electrons. The predicted molar refractivity (Wildman–Crippen MR) is 41.8 cm³/mol. The van der Waals surface area contributed by atoms with Crippen LogP contribution in [0.2, 0.25) is 0 Å². The predicted octanol–water partition coefficient (Wildman–Crippen LogP) is 2.11. The SMILES string of the molecule is [C-]#[N+]CCCCOC(C)C. The van der Waals surface area contributed by atoms with Crippen molar-refractivity contribution in [1.82, 2.24) is 0 Å². The van der Waals surface area contributed by atoms with Crippen LogP contribution in [0.4, 0.5) is 0 Å². The number of hydrogen-bond acceptors (Lipinski definition) is 1. The Morgan fingerprint density at radius 1 is 1.40 bits per heavy atom. The normalized spacial score (nSPS) is 9.80. The van der Waals surface area contributed by atoms with Crippen molar-refractivity contribution in [2.75, 3.05) is 13.2 Å². The molecule has 0 aliphatic heterocycles. The fourth-order valence-electron chi connectivity index (χ4n) is 0.612. The van der Waals surface area contributed by atoms with Gasteiger partial charge in [0.25, 0.3) is 0 Å². The van der Waals surface area contributed by atoms with Gasteiger partial charge in [-0.3, -0.25) is 0 Å². The molecule has 10 heavy (non-hydrogen) atoms. The summed E-state index contributed by atoms with van der Waals surface area (Å²) < 4.78 is 5.29. The van der Waals surface area contributed by atoms with Gasteiger partial charge < -0.3 is 9.58 Å². The van der Waals surface area contributed by atoms with Gasteiger partial charge in [0.2, 0.25) is 6.54 Å². The van der Waals surface area contributed by atoms with Crippen molar-refractivity contribution in [3.63, 3.8) is 0 Å². The second-order valence-electron chi connectivity index (χ2n) is 2.51. The molecule has 0 fully saturated rings. The average molecular weight is 141 g/mol. The number of ether oxygens (including phenoxy) is 1. The van der Waals surface area contributed by atoms with Crippen LogP contribution in [0.3, 0.4) is 0 Å². The maximum Gasteiger partial charge on any atom is 0.214 e. The third-order valence-corrected chi connectivity index (χ3v) is 1.12. The lowest BCUT2D eigenvalue weighted by molar-refractivity contribution is 0.0766. The van der Waals surface area contributed by atoms with E-state index in [9.17, 15) is 0 Å². The zero-order chi connectivity index (χ0) is 7.82. The molecule has 0 amide bonds. The summed E-state index contributed by atoms with van der Waals surface area (Å²) in [5, 5.41) is 0. The molecule has 0 aliphatic rings. The van der Waals surface area contributed by atoms with Gasteiger partial charge in [0, 0.05) is 13.0 Å². The Morgan fingerprint density at radius 2 is 2.10 bits per heavy atom. The Morgan fingerprint density at radius 3 is 2.60 bits per heavy atom. The van der Waals surface area contributed by atoms with Crippen LogP contribution < -0.4 is 0 Å². The zero-order valence-corrected chi connectivity index (χ0v) is 6.76. The fraction of sp³-hybridized carbons (Fsp3) is 0.875. The first-order chi connectivity index (χ1) is 4.77. The lowest BCUT2D eigenvalue weighted by Gasteiger charge is -2.04. The topological polar surface area (TPSA) is 13.6 Å². The quantitative estimate of drug-likeness (QED) is 0.422. The van der Waals surface area contributed by atoms with Crippen molar-refractivity contribution in [1.29, 1.82) is 0 Å². The Hall–Kier alpha value is -0.550. The van der Waals surface area contributed by atoms with Gasteiger partial charge in [0.15, 0.2) is 0 Å². The second kappa shape index (κ2) is 6.57. The van der Waals surface area contributed by atoms with Gasteiger partial charge >= 0.3 is 0 Å². The Balaban J connectivity index is 2.86. The van der Waals surface area contributed by atoms with Crippen LogP contribution in [0, 0.1) is 6.57 Å². The molecule has 0 aromatic carbocycles. The number of rotatable bonds is 5.